The van der Waals surface area contributed by atoms with Crippen LogP contribution in [0.1, 0.15) is 61.8 Å². The second kappa shape index (κ2) is 13.9. The Hall–Kier alpha value is -6.70. The Morgan fingerprint density at radius 3 is 1.80 bits per heavy atom. The molecule has 0 atom stereocenters. The van der Waals surface area contributed by atoms with Crippen molar-refractivity contribution in [2.24, 2.45) is 7.05 Å². The first-order valence-electron chi connectivity index (χ1n) is 19.5. The van der Waals surface area contributed by atoms with E-state index in [1.165, 1.54) is 39.1 Å². The van der Waals surface area contributed by atoms with E-state index in [0.29, 0.717) is 5.56 Å². The number of furan rings is 1. The third kappa shape index (κ3) is 5.71. The van der Waals surface area contributed by atoms with E-state index in [1.54, 1.807) is 0 Å². The van der Waals surface area contributed by atoms with Crippen LogP contribution >= 0.6 is 0 Å². The van der Waals surface area contributed by atoms with Gasteiger partial charge in [-0.05, 0) is 88.5 Å². The van der Waals surface area contributed by atoms with Gasteiger partial charge in [0, 0.05) is 27.5 Å². The number of nitriles is 1. The number of hydrogen-bond acceptors (Lipinski definition) is 2. The van der Waals surface area contributed by atoms with Gasteiger partial charge in [-0.25, -0.2) is 4.57 Å². The molecule has 7 aromatic carbocycles. The molecule has 272 valence electrons. The fourth-order valence-corrected chi connectivity index (χ4v) is 8.50. The molecule has 0 amide bonds. The van der Waals surface area contributed by atoms with Crippen LogP contribution in [0, 0.1) is 18.3 Å². The quantitative estimate of drug-likeness (QED) is 0.154. The van der Waals surface area contributed by atoms with Gasteiger partial charge in [0.2, 0.25) is 0 Å². The Morgan fingerprint density at radius 1 is 0.607 bits per heavy atom. The lowest BCUT2D eigenvalue weighted by Gasteiger charge is -2.21. The molecule has 0 aliphatic heterocycles. The number of aryl methyl sites for hydroxylation is 2. The van der Waals surface area contributed by atoms with Crippen molar-refractivity contribution in [2.45, 2.75) is 46.5 Å². The zero-order chi connectivity index (χ0) is 38.7. The highest BCUT2D eigenvalue weighted by atomic mass is 16.3. The summed E-state index contributed by atoms with van der Waals surface area (Å²) in [7, 11) is 2.17. The van der Waals surface area contributed by atoms with Crippen LogP contribution in [0.2, 0.25) is 0 Å². The maximum Gasteiger partial charge on any atom is 0.299 e. The molecule has 0 unspecified atom stereocenters. The summed E-state index contributed by atoms with van der Waals surface area (Å²) in [6, 6.07) is 54.0. The average molecular weight is 727 g/mol. The monoisotopic (exact) mass is 726 g/mol. The maximum absolute atomic E-state index is 10.3. The van der Waals surface area contributed by atoms with Crippen molar-refractivity contribution in [1.29, 1.82) is 5.26 Å². The Kier molecular flexibility index (Phi) is 8.67. The van der Waals surface area contributed by atoms with E-state index < -0.39 is 0 Å². The number of benzene rings is 7. The zero-order valence-corrected chi connectivity index (χ0v) is 32.8. The highest BCUT2D eigenvalue weighted by Gasteiger charge is 2.34. The Bertz CT molecular complexity index is 2950. The van der Waals surface area contributed by atoms with Crippen LogP contribution in [0.4, 0.5) is 0 Å². The standard InChI is InChI=1S/C52H44N3O/c1-32(2)42-27-39(37-24-22-36(23-25-37)35-15-9-7-10-16-35)28-43(33(3)4)50(42)55-47-20-14-13-19-46(47)54(6)52(55)49-34(5)21-26-41-45-29-40(31-53)44(30-48(45)56-51(41)49)38-17-11-8-12-18-38/h7-30,32-33H,1-6H3/q+1. The molecule has 9 rings (SSSR count). The third-order valence-corrected chi connectivity index (χ3v) is 11.4. The Morgan fingerprint density at radius 2 is 1.18 bits per heavy atom. The van der Waals surface area contributed by atoms with Gasteiger partial charge in [0.05, 0.1) is 18.7 Å². The van der Waals surface area contributed by atoms with Gasteiger partial charge in [0.25, 0.3) is 5.82 Å². The molecule has 56 heavy (non-hydrogen) atoms. The van der Waals surface area contributed by atoms with Crippen molar-refractivity contribution in [2.75, 3.05) is 0 Å². The molecular formula is C52H44N3O+. The lowest BCUT2D eigenvalue weighted by molar-refractivity contribution is -0.633. The van der Waals surface area contributed by atoms with E-state index in [0.717, 1.165) is 61.1 Å². The van der Waals surface area contributed by atoms with Gasteiger partial charge >= 0.3 is 0 Å². The summed E-state index contributed by atoms with van der Waals surface area (Å²) in [6.45, 7) is 11.4. The summed E-state index contributed by atoms with van der Waals surface area (Å²) in [5.74, 6) is 1.55. The number of nitrogens with zero attached hydrogens (tertiary/aromatic N) is 3. The van der Waals surface area contributed by atoms with Crippen LogP contribution in [-0.2, 0) is 7.05 Å². The molecule has 0 spiro atoms. The molecule has 0 N–H and O–H groups in total. The van der Waals surface area contributed by atoms with Gasteiger partial charge in [0.15, 0.2) is 16.6 Å². The molecule has 9 aromatic rings. The maximum atomic E-state index is 10.3. The van der Waals surface area contributed by atoms with Gasteiger partial charge in [-0.2, -0.15) is 9.83 Å². The van der Waals surface area contributed by atoms with Crippen molar-refractivity contribution in [3.8, 4) is 56.5 Å². The van der Waals surface area contributed by atoms with E-state index >= 15 is 0 Å². The first kappa shape index (κ1) is 35.0. The third-order valence-electron chi connectivity index (χ3n) is 11.4. The first-order chi connectivity index (χ1) is 27.2. The summed E-state index contributed by atoms with van der Waals surface area (Å²) in [5.41, 5.74) is 17.2. The Labute approximate surface area is 328 Å². The van der Waals surface area contributed by atoms with Crippen molar-refractivity contribution < 1.29 is 8.98 Å². The second-order valence-corrected chi connectivity index (χ2v) is 15.6. The van der Waals surface area contributed by atoms with E-state index in [2.05, 4.69) is 160 Å². The normalized spacial score (nSPS) is 11.7. The second-order valence-electron chi connectivity index (χ2n) is 15.6. The van der Waals surface area contributed by atoms with Crippen molar-refractivity contribution in [3.05, 3.63) is 168 Å². The molecule has 0 aliphatic carbocycles. The topological polar surface area (TPSA) is 45.7 Å². The number of aromatic nitrogens is 2. The molecule has 0 bridgehead atoms. The van der Waals surface area contributed by atoms with E-state index in [1.807, 2.05) is 42.5 Å². The molecule has 0 aliphatic rings. The highest BCUT2D eigenvalue weighted by molar-refractivity contribution is 6.11. The number of para-hydroxylation sites is 2. The summed E-state index contributed by atoms with van der Waals surface area (Å²) in [6.07, 6.45) is 0. The number of rotatable bonds is 7. The molecule has 0 radical (unpaired) electrons. The molecule has 0 saturated heterocycles. The van der Waals surface area contributed by atoms with Crippen molar-refractivity contribution in [3.63, 3.8) is 0 Å². The van der Waals surface area contributed by atoms with Crippen LogP contribution in [0.15, 0.2) is 150 Å². The van der Waals surface area contributed by atoms with Crippen LogP contribution in [0.25, 0.3) is 83.4 Å². The summed E-state index contributed by atoms with van der Waals surface area (Å²) >= 11 is 0. The predicted molar refractivity (Wildman–Crippen MR) is 231 cm³/mol. The zero-order valence-electron chi connectivity index (χ0n) is 32.8. The molecule has 0 saturated carbocycles. The van der Waals surface area contributed by atoms with E-state index in [-0.39, 0.29) is 11.8 Å². The van der Waals surface area contributed by atoms with E-state index in [9.17, 15) is 5.26 Å². The van der Waals surface area contributed by atoms with Crippen LogP contribution in [0.3, 0.4) is 0 Å². The fraction of sp³-hybridized carbons (Fsp3) is 0.154. The Balaban J connectivity index is 1.31. The smallest absolute Gasteiger partial charge is 0.299 e. The van der Waals surface area contributed by atoms with Gasteiger partial charge < -0.3 is 4.42 Å². The lowest BCUT2D eigenvalue weighted by Crippen LogP contribution is -2.30. The number of hydrogen-bond donors (Lipinski definition) is 0. The summed E-state index contributed by atoms with van der Waals surface area (Å²) < 4.78 is 11.8. The molecule has 4 heteroatoms. The lowest BCUT2D eigenvalue weighted by atomic mass is 9.87. The largest absolute Gasteiger partial charge is 0.455 e. The summed E-state index contributed by atoms with van der Waals surface area (Å²) in [4.78, 5) is 0. The first-order valence-corrected chi connectivity index (χ1v) is 19.5. The minimum Gasteiger partial charge on any atom is -0.455 e. The minimum absolute atomic E-state index is 0.245. The van der Waals surface area contributed by atoms with Crippen LogP contribution < -0.4 is 4.57 Å². The predicted octanol–water partition coefficient (Wildman–Crippen LogP) is 13.4. The van der Waals surface area contributed by atoms with Gasteiger partial charge in [0.1, 0.15) is 16.8 Å². The fourth-order valence-electron chi connectivity index (χ4n) is 8.50. The van der Waals surface area contributed by atoms with Gasteiger partial charge in [-0.15, -0.1) is 0 Å². The van der Waals surface area contributed by atoms with E-state index in [4.69, 9.17) is 4.42 Å². The molecule has 0 fully saturated rings. The average Bonchev–Trinajstić information content (AvgIpc) is 3.74. The van der Waals surface area contributed by atoms with Crippen molar-refractivity contribution in [1.82, 2.24) is 4.57 Å². The summed E-state index contributed by atoms with van der Waals surface area (Å²) in [5, 5.41) is 12.2. The molecule has 2 aromatic heterocycles. The van der Waals surface area contributed by atoms with Gasteiger partial charge in [-0.1, -0.05) is 137 Å². The SMILES string of the molecule is Cc1ccc2c(oc3cc(-c4ccccc4)c(C#N)cc32)c1-c1n(-c2c(C(C)C)cc(-c3ccc(-c4ccccc4)cc3)cc2C(C)C)c2ccccc2[n+]1C. The molecule has 4 nitrogen and oxygen atoms in total. The van der Waals surface area contributed by atoms with Crippen LogP contribution in [-0.4, -0.2) is 4.57 Å². The molecular weight excluding hydrogens is 683 g/mol. The van der Waals surface area contributed by atoms with Gasteiger partial charge in [-0.3, -0.25) is 0 Å². The number of fused-ring (bicyclic) bond motifs is 4. The molecule has 2 heterocycles. The number of imidazole rings is 1. The highest BCUT2D eigenvalue weighted by Crippen LogP contribution is 2.44. The van der Waals surface area contributed by atoms with Crippen molar-refractivity contribution >= 4 is 33.0 Å². The minimum atomic E-state index is 0.245. The van der Waals surface area contributed by atoms with Crippen LogP contribution in [0.5, 0.6) is 0 Å².